The summed E-state index contributed by atoms with van der Waals surface area (Å²) in [6.07, 6.45) is 1.28. The topological polar surface area (TPSA) is 74.3 Å². The molecule has 1 fully saturated rings. The number of likely N-dealkylation sites (tertiary alicyclic amines) is 1. The van der Waals surface area contributed by atoms with Crippen LogP contribution in [-0.4, -0.2) is 34.8 Å². The van der Waals surface area contributed by atoms with Crippen LogP contribution >= 0.6 is 22.7 Å². The Hall–Kier alpha value is -2.55. The zero-order valence-corrected chi connectivity index (χ0v) is 19.3. The van der Waals surface area contributed by atoms with Gasteiger partial charge >= 0.3 is 0 Å². The molecule has 1 aromatic carbocycles. The molecule has 8 heteroatoms. The summed E-state index contributed by atoms with van der Waals surface area (Å²) in [5.41, 5.74) is 2.16. The zero-order valence-electron chi connectivity index (χ0n) is 17.6. The highest BCUT2D eigenvalue weighted by molar-refractivity contribution is 7.14. The highest BCUT2D eigenvalue weighted by Crippen LogP contribution is 2.24. The molecule has 162 valence electrons. The van der Waals surface area contributed by atoms with Crippen molar-refractivity contribution in [3.8, 4) is 0 Å². The van der Waals surface area contributed by atoms with E-state index in [2.05, 4.69) is 34.4 Å². The zero-order chi connectivity index (χ0) is 21.8. The molecule has 2 atom stereocenters. The average molecular weight is 455 g/mol. The maximum absolute atomic E-state index is 12.6. The number of benzene rings is 1. The molecule has 1 aliphatic rings. The van der Waals surface area contributed by atoms with Crippen LogP contribution in [0.4, 0.5) is 10.8 Å². The molecule has 0 spiro atoms. The minimum atomic E-state index is -0.211. The first-order valence-electron chi connectivity index (χ1n) is 10.4. The molecule has 2 unspecified atom stereocenters. The van der Waals surface area contributed by atoms with E-state index in [1.807, 2.05) is 16.8 Å². The molecule has 4 rings (SSSR count). The van der Waals surface area contributed by atoms with Crippen LogP contribution in [0, 0.1) is 11.8 Å². The molecule has 1 saturated heterocycles. The van der Waals surface area contributed by atoms with Crippen molar-refractivity contribution < 1.29 is 9.59 Å². The summed E-state index contributed by atoms with van der Waals surface area (Å²) in [4.78, 5) is 32.4. The van der Waals surface area contributed by atoms with Crippen LogP contribution < -0.4 is 10.6 Å². The van der Waals surface area contributed by atoms with E-state index in [1.165, 1.54) is 29.1 Å². The number of carbonyl (C=O) groups excluding carboxylic acids is 2. The first-order valence-corrected chi connectivity index (χ1v) is 12.1. The second kappa shape index (κ2) is 9.72. The standard InChI is InChI=1S/C23H26N4O2S2/c1-15-10-16(2)12-27(11-15)13-19-14-31-23(25-19)26-21(28)17-5-7-18(8-6-17)24-22(29)20-4-3-9-30-20/h3-9,14-16H,10-13H2,1-2H3,(H,24,29)(H,25,26,28). The number of hydrogen-bond donors (Lipinski definition) is 2. The Morgan fingerprint density at radius 3 is 2.45 bits per heavy atom. The molecule has 2 N–H and O–H groups in total. The Morgan fingerprint density at radius 2 is 1.77 bits per heavy atom. The Kier molecular flexibility index (Phi) is 6.80. The second-order valence-electron chi connectivity index (χ2n) is 8.25. The van der Waals surface area contributed by atoms with E-state index < -0.39 is 0 Å². The number of amides is 2. The predicted octanol–water partition coefficient (Wildman–Crippen LogP) is 5.19. The molecule has 1 aliphatic heterocycles. The van der Waals surface area contributed by atoms with Gasteiger partial charge in [0.25, 0.3) is 11.8 Å². The van der Waals surface area contributed by atoms with Crippen LogP contribution in [0.5, 0.6) is 0 Å². The van der Waals surface area contributed by atoms with Gasteiger partial charge in [0.2, 0.25) is 0 Å². The van der Waals surface area contributed by atoms with Gasteiger partial charge in [-0.05, 0) is 54.0 Å². The van der Waals surface area contributed by atoms with E-state index >= 15 is 0 Å². The van der Waals surface area contributed by atoms with Gasteiger partial charge < -0.3 is 5.32 Å². The number of nitrogens with one attached hydrogen (secondary N) is 2. The first kappa shape index (κ1) is 21.7. The third kappa shape index (κ3) is 5.78. The number of aromatic nitrogens is 1. The number of rotatable bonds is 6. The molecular weight excluding hydrogens is 428 g/mol. The van der Waals surface area contributed by atoms with E-state index in [9.17, 15) is 9.59 Å². The molecule has 0 radical (unpaired) electrons. The molecule has 3 aromatic rings. The van der Waals surface area contributed by atoms with Gasteiger partial charge in [0.15, 0.2) is 5.13 Å². The van der Waals surface area contributed by atoms with Gasteiger partial charge in [0.05, 0.1) is 10.6 Å². The highest BCUT2D eigenvalue weighted by Gasteiger charge is 2.22. The highest BCUT2D eigenvalue weighted by atomic mass is 32.1. The van der Waals surface area contributed by atoms with Gasteiger partial charge in [-0.1, -0.05) is 19.9 Å². The Labute approximate surface area is 190 Å². The molecule has 6 nitrogen and oxygen atoms in total. The lowest BCUT2D eigenvalue weighted by atomic mass is 9.92. The molecule has 0 bridgehead atoms. The summed E-state index contributed by atoms with van der Waals surface area (Å²) in [6, 6.07) is 10.5. The SMILES string of the molecule is CC1CC(C)CN(Cc2csc(NC(=O)c3ccc(NC(=O)c4cccs4)cc3)n2)C1. The van der Waals surface area contributed by atoms with Crippen LogP contribution in [0.1, 0.15) is 46.0 Å². The molecular formula is C23H26N4O2S2. The summed E-state index contributed by atoms with van der Waals surface area (Å²) < 4.78 is 0. The lowest BCUT2D eigenvalue weighted by molar-refractivity contribution is 0.102. The number of thiophene rings is 1. The fourth-order valence-corrected chi connectivity index (χ4v) is 5.38. The van der Waals surface area contributed by atoms with Crippen molar-refractivity contribution in [2.75, 3.05) is 23.7 Å². The lowest BCUT2D eigenvalue weighted by Gasteiger charge is -2.34. The lowest BCUT2D eigenvalue weighted by Crippen LogP contribution is -2.38. The van der Waals surface area contributed by atoms with E-state index in [4.69, 9.17) is 0 Å². The third-order valence-corrected chi connectivity index (χ3v) is 6.93. The van der Waals surface area contributed by atoms with Crippen LogP contribution in [0.2, 0.25) is 0 Å². The van der Waals surface area contributed by atoms with Gasteiger partial charge in [-0.2, -0.15) is 0 Å². The maximum Gasteiger partial charge on any atom is 0.265 e. The van der Waals surface area contributed by atoms with Crippen LogP contribution in [-0.2, 0) is 6.54 Å². The van der Waals surface area contributed by atoms with Crippen molar-refractivity contribution in [3.63, 3.8) is 0 Å². The number of piperidine rings is 1. The number of hydrogen-bond acceptors (Lipinski definition) is 6. The number of carbonyl (C=O) groups is 2. The molecule has 2 aromatic heterocycles. The fraction of sp³-hybridized carbons (Fsp3) is 0.348. The van der Waals surface area contributed by atoms with Crippen molar-refractivity contribution in [1.82, 2.24) is 9.88 Å². The van der Waals surface area contributed by atoms with Crippen molar-refractivity contribution in [2.45, 2.75) is 26.8 Å². The monoisotopic (exact) mass is 454 g/mol. The maximum atomic E-state index is 12.6. The van der Waals surface area contributed by atoms with Gasteiger partial charge in [0, 0.05) is 36.3 Å². The molecule has 0 saturated carbocycles. The van der Waals surface area contributed by atoms with Gasteiger partial charge in [-0.3, -0.25) is 19.8 Å². The summed E-state index contributed by atoms with van der Waals surface area (Å²) in [7, 11) is 0. The molecule has 3 heterocycles. The smallest absolute Gasteiger partial charge is 0.265 e. The minimum absolute atomic E-state index is 0.153. The third-order valence-electron chi connectivity index (χ3n) is 5.25. The van der Waals surface area contributed by atoms with E-state index in [0.29, 0.717) is 33.1 Å². The Morgan fingerprint density at radius 1 is 1.03 bits per heavy atom. The fourth-order valence-electron chi connectivity index (χ4n) is 4.06. The van der Waals surface area contributed by atoms with Gasteiger partial charge in [-0.15, -0.1) is 22.7 Å². The van der Waals surface area contributed by atoms with Crippen molar-refractivity contribution in [2.24, 2.45) is 11.8 Å². The Bertz CT molecular complexity index is 1020. The number of anilines is 2. The summed E-state index contributed by atoms with van der Waals surface area (Å²) in [6.45, 7) is 7.61. The summed E-state index contributed by atoms with van der Waals surface area (Å²) >= 11 is 2.83. The minimum Gasteiger partial charge on any atom is -0.321 e. The van der Waals surface area contributed by atoms with Crippen molar-refractivity contribution in [1.29, 1.82) is 0 Å². The molecule has 2 amide bonds. The van der Waals surface area contributed by atoms with Crippen molar-refractivity contribution in [3.05, 3.63) is 63.3 Å². The first-order chi connectivity index (χ1) is 15.0. The molecule has 0 aliphatic carbocycles. The quantitative estimate of drug-likeness (QED) is 0.538. The second-order valence-corrected chi connectivity index (χ2v) is 10.1. The average Bonchev–Trinajstić information content (AvgIpc) is 3.40. The predicted molar refractivity (Wildman–Crippen MR) is 127 cm³/mol. The van der Waals surface area contributed by atoms with Crippen LogP contribution in [0.3, 0.4) is 0 Å². The van der Waals surface area contributed by atoms with Gasteiger partial charge in [0.1, 0.15) is 0 Å². The largest absolute Gasteiger partial charge is 0.321 e. The van der Waals surface area contributed by atoms with Crippen molar-refractivity contribution >= 4 is 45.3 Å². The normalized spacial score (nSPS) is 19.2. The van der Waals surface area contributed by atoms with Gasteiger partial charge in [-0.25, -0.2) is 4.98 Å². The molecule has 31 heavy (non-hydrogen) atoms. The number of thiazole rings is 1. The van der Waals surface area contributed by atoms with Crippen LogP contribution in [0.15, 0.2) is 47.2 Å². The Balaban J connectivity index is 1.32. The van der Waals surface area contributed by atoms with E-state index in [-0.39, 0.29) is 11.8 Å². The van der Waals surface area contributed by atoms with E-state index in [1.54, 1.807) is 30.3 Å². The van der Waals surface area contributed by atoms with E-state index in [0.717, 1.165) is 25.3 Å². The number of nitrogens with zero attached hydrogens (tertiary/aromatic N) is 2. The summed E-state index contributed by atoms with van der Waals surface area (Å²) in [5.74, 6) is 1.05. The van der Waals surface area contributed by atoms with Crippen LogP contribution in [0.25, 0.3) is 0 Å². The summed E-state index contributed by atoms with van der Waals surface area (Å²) in [5, 5.41) is 10.2.